The number of ether oxygens (including phenoxy) is 1. The molecule has 0 fully saturated rings. The van der Waals surface area contributed by atoms with Gasteiger partial charge in [0.05, 0.1) is 12.1 Å². The Balaban J connectivity index is 2.20. The number of nitrogens with two attached hydrogens (primary N) is 1. The van der Waals surface area contributed by atoms with Crippen LogP contribution >= 0.6 is 0 Å². The summed E-state index contributed by atoms with van der Waals surface area (Å²) in [7, 11) is 0. The highest BCUT2D eigenvalue weighted by atomic mass is 16.5. The van der Waals surface area contributed by atoms with Crippen LogP contribution in [0.4, 0.5) is 0 Å². The van der Waals surface area contributed by atoms with Gasteiger partial charge in [-0.1, -0.05) is 19.1 Å². The van der Waals surface area contributed by atoms with Crippen molar-refractivity contribution >= 4 is 5.91 Å². The summed E-state index contributed by atoms with van der Waals surface area (Å²) >= 11 is 0. The number of rotatable bonds is 5. The Morgan fingerprint density at radius 1 is 1.53 bits per heavy atom. The third-order valence-corrected chi connectivity index (χ3v) is 3.68. The van der Waals surface area contributed by atoms with E-state index in [1.165, 1.54) is 11.1 Å². The number of fused-ring (bicyclic) bond motifs is 1. The zero-order valence-electron chi connectivity index (χ0n) is 11.8. The molecule has 1 aliphatic heterocycles. The first kappa shape index (κ1) is 13.9. The summed E-state index contributed by atoms with van der Waals surface area (Å²) in [6.45, 7) is 6.48. The van der Waals surface area contributed by atoms with E-state index in [0.717, 1.165) is 25.2 Å². The highest BCUT2D eigenvalue weighted by Gasteiger charge is 2.28. The lowest BCUT2D eigenvalue weighted by Crippen LogP contribution is -2.51. The number of amides is 1. The van der Waals surface area contributed by atoms with E-state index in [1.54, 1.807) is 0 Å². The Hall–Kier alpha value is -1.55. The van der Waals surface area contributed by atoms with E-state index in [2.05, 4.69) is 24.4 Å². The van der Waals surface area contributed by atoms with E-state index in [4.69, 9.17) is 10.5 Å². The largest absolute Gasteiger partial charge is 0.493 e. The van der Waals surface area contributed by atoms with Gasteiger partial charge in [0.25, 0.3) is 0 Å². The molecule has 1 amide bonds. The molecule has 0 saturated heterocycles. The molecule has 1 aromatic rings. The molecule has 0 aliphatic carbocycles. The molecule has 1 aliphatic rings. The number of benzene rings is 1. The number of nitrogens with one attached hydrogen (secondary N) is 1. The maximum atomic E-state index is 11.4. The summed E-state index contributed by atoms with van der Waals surface area (Å²) in [6.07, 6.45) is 1.86. The molecular weight excluding hydrogens is 240 g/mol. The quantitative estimate of drug-likeness (QED) is 0.852. The predicted octanol–water partition coefficient (Wildman–Crippen LogP) is 1.93. The first-order chi connectivity index (χ1) is 8.94. The molecule has 104 valence electrons. The fourth-order valence-corrected chi connectivity index (χ4v) is 2.35. The second-order valence-corrected chi connectivity index (χ2v) is 5.56. The van der Waals surface area contributed by atoms with Crippen LogP contribution in [0.15, 0.2) is 18.2 Å². The van der Waals surface area contributed by atoms with Gasteiger partial charge in [-0.15, -0.1) is 0 Å². The van der Waals surface area contributed by atoms with E-state index in [0.29, 0.717) is 0 Å². The molecule has 19 heavy (non-hydrogen) atoms. The lowest BCUT2D eigenvalue weighted by molar-refractivity contribution is -0.123. The molecule has 4 nitrogen and oxygen atoms in total. The van der Waals surface area contributed by atoms with Gasteiger partial charge in [-0.2, -0.15) is 0 Å². The first-order valence-electron chi connectivity index (χ1n) is 6.77. The Morgan fingerprint density at radius 3 is 2.89 bits per heavy atom. The summed E-state index contributed by atoms with van der Waals surface area (Å²) in [5, 5.41) is 3.33. The minimum Gasteiger partial charge on any atom is -0.493 e. The summed E-state index contributed by atoms with van der Waals surface area (Å²) in [4.78, 5) is 11.4. The van der Waals surface area contributed by atoms with Crippen LogP contribution in [0, 0.1) is 0 Å². The molecule has 1 aromatic carbocycles. The van der Waals surface area contributed by atoms with Crippen LogP contribution < -0.4 is 15.8 Å². The van der Waals surface area contributed by atoms with Gasteiger partial charge >= 0.3 is 0 Å². The Bertz CT molecular complexity index is 483. The average molecular weight is 262 g/mol. The molecular formula is C15H22N2O2. The smallest absolute Gasteiger partial charge is 0.237 e. The number of primary amides is 1. The predicted molar refractivity (Wildman–Crippen MR) is 75.1 cm³/mol. The highest BCUT2D eigenvalue weighted by molar-refractivity contribution is 5.83. The van der Waals surface area contributed by atoms with Crippen LogP contribution in [0.2, 0.25) is 0 Å². The van der Waals surface area contributed by atoms with Crippen molar-refractivity contribution in [1.82, 2.24) is 5.32 Å². The van der Waals surface area contributed by atoms with Gasteiger partial charge < -0.3 is 10.5 Å². The van der Waals surface area contributed by atoms with Gasteiger partial charge in [0, 0.05) is 12.5 Å². The standard InChI is InChI=1S/C15H22N2O2/c1-4-12(17-15(2,3)14(16)18)10-5-6-13-11(9-10)7-8-19-13/h5-6,9,12,17H,4,7-8H2,1-3H3,(H2,16,18). The molecule has 0 radical (unpaired) electrons. The van der Waals surface area contributed by atoms with Crippen molar-refractivity contribution in [2.75, 3.05) is 6.61 Å². The second kappa shape index (κ2) is 5.21. The number of carbonyl (C=O) groups is 1. The third-order valence-electron chi connectivity index (χ3n) is 3.68. The van der Waals surface area contributed by atoms with Crippen molar-refractivity contribution in [2.45, 2.75) is 45.2 Å². The fourth-order valence-electron chi connectivity index (χ4n) is 2.35. The topological polar surface area (TPSA) is 64.3 Å². The number of carbonyl (C=O) groups excluding carboxylic acids is 1. The Labute approximate surface area is 114 Å². The van der Waals surface area contributed by atoms with E-state index >= 15 is 0 Å². The molecule has 1 unspecified atom stereocenters. The zero-order chi connectivity index (χ0) is 14.0. The highest BCUT2D eigenvalue weighted by Crippen LogP contribution is 2.29. The maximum absolute atomic E-state index is 11.4. The van der Waals surface area contributed by atoms with E-state index in [1.807, 2.05) is 19.9 Å². The molecule has 0 bridgehead atoms. The average Bonchev–Trinajstić information content (AvgIpc) is 2.82. The maximum Gasteiger partial charge on any atom is 0.237 e. The van der Waals surface area contributed by atoms with Crippen molar-refractivity contribution in [1.29, 1.82) is 0 Å². The van der Waals surface area contributed by atoms with Gasteiger partial charge in [0.15, 0.2) is 0 Å². The van der Waals surface area contributed by atoms with Gasteiger partial charge in [-0.3, -0.25) is 10.1 Å². The van der Waals surface area contributed by atoms with E-state index < -0.39 is 5.54 Å². The van der Waals surface area contributed by atoms with E-state index in [9.17, 15) is 4.79 Å². The van der Waals surface area contributed by atoms with Gasteiger partial charge in [-0.25, -0.2) is 0 Å². The number of hydrogen-bond donors (Lipinski definition) is 2. The summed E-state index contributed by atoms with van der Waals surface area (Å²) in [6, 6.07) is 6.36. The molecule has 0 saturated carbocycles. The van der Waals surface area contributed by atoms with Crippen molar-refractivity contribution in [3.05, 3.63) is 29.3 Å². The van der Waals surface area contributed by atoms with Crippen molar-refractivity contribution in [3.63, 3.8) is 0 Å². The summed E-state index contributed by atoms with van der Waals surface area (Å²) in [5.41, 5.74) is 7.13. The van der Waals surface area contributed by atoms with Gasteiger partial charge in [0.2, 0.25) is 5.91 Å². The minimum atomic E-state index is -0.712. The van der Waals surface area contributed by atoms with Crippen LogP contribution in [0.25, 0.3) is 0 Å². The first-order valence-corrected chi connectivity index (χ1v) is 6.77. The molecule has 1 atom stereocenters. The van der Waals surface area contributed by atoms with Gasteiger partial charge in [0.1, 0.15) is 5.75 Å². The lowest BCUT2D eigenvalue weighted by Gasteiger charge is -2.29. The molecule has 1 heterocycles. The second-order valence-electron chi connectivity index (χ2n) is 5.56. The van der Waals surface area contributed by atoms with Crippen LogP contribution in [-0.4, -0.2) is 18.1 Å². The Morgan fingerprint density at radius 2 is 2.26 bits per heavy atom. The van der Waals surface area contributed by atoms with Crippen LogP contribution in [0.5, 0.6) is 5.75 Å². The third kappa shape index (κ3) is 2.89. The monoisotopic (exact) mass is 262 g/mol. The summed E-state index contributed by atoms with van der Waals surface area (Å²) in [5.74, 6) is 0.642. The summed E-state index contributed by atoms with van der Waals surface area (Å²) < 4.78 is 5.51. The SMILES string of the molecule is CCC(NC(C)(C)C(N)=O)c1ccc2c(c1)CCO2. The zero-order valence-corrected chi connectivity index (χ0v) is 11.8. The number of hydrogen-bond acceptors (Lipinski definition) is 3. The van der Waals surface area contributed by atoms with Crippen LogP contribution in [0.3, 0.4) is 0 Å². The fraction of sp³-hybridized carbons (Fsp3) is 0.533. The van der Waals surface area contributed by atoms with Gasteiger partial charge in [-0.05, 0) is 37.5 Å². The van der Waals surface area contributed by atoms with E-state index in [-0.39, 0.29) is 11.9 Å². The van der Waals surface area contributed by atoms with Crippen LogP contribution in [0.1, 0.15) is 44.4 Å². The molecule has 0 aromatic heterocycles. The minimum absolute atomic E-state index is 0.119. The molecule has 3 N–H and O–H groups in total. The Kier molecular flexibility index (Phi) is 3.80. The van der Waals surface area contributed by atoms with Crippen molar-refractivity contribution < 1.29 is 9.53 Å². The van der Waals surface area contributed by atoms with Crippen molar-refractivity contribution in [3.8, 4) is 5.75 Å². The van der Waals surface area contributed by atoms with Crippen LogP contribution in [-0.2, 0) is 11.2 Å². The molecule has 2 rings (SSSR count). The lowest BCUT2D eigenvalue weighted by atomic mass is 9.96. The molecule has 0 spiro atoms. The normalized spacial score (nSPS) is 15.7. The molecule has 4 heteroatoms. The van der Waals surface area contributed by atoms with Crippen molar-refractivity contribution in [2.24, 2.45) is 5.73 Å².